The predicted octanol–water partition coefficient (Wildman–Crippen LogP) is 4.13. The summed E-state index contributed by atoms with van der Waals surface area (Å²) in [5.41, 5.74) is 6.59. The zero-order chi connectivity index (χ0) is 14.5. The Balaban J connectivity index is 2.26. The van der Waals surface area contributed by atoms with Crippen molar-refractivity contribution in [2.75, 3.05) is 13.1 Å². The molecule has 0 heterocycles. The molecule has 1 fully saturated rings. The Morgan fingerprint density at radius 2 is 2.05 bits per heavy atom. The maximum atomic E-state index is 14.3. The lowest BCUT2D eigenvalue weighted by atomic mass is 9.91. The summed E-state index contributed by atoms with van der Waals surface area (Å²) in [5.74, 6) is -0.320. The molecule has 112 valence electrons. The largest absolute Gasteiger partial charge is 0.329 e. The van der Waals surface area contributed by atoms with Gasteiger partial charge in [-0.25, -0.2) is 4.39 Å². The summed E-state index contributed by atoms with van der Waals surface area (Å²) < 4.78 is 14.3. The fourth-order valence-electron chi connectivity index (χ4n) is 3.36. The molecule has 1 atom stereocenters. The van der Waals surface area contributed by atoms with Crippen molar-refractivity contribution in [2.45, 2.75) is 51.1 Å². The van der Waals surface area contributed by atoms with Gasteiger partial charge >= 0.3 is 0 Å². The Labute approximate surface area is 126 Å². The van der Waals surface area contributed by atoms with E-state index in [4.69, 9.17) is 17.3 Å². The molecule has 0 saturated heterocycles. The Hall–Kier alpha value is -0.640. The maximum absolute atomic E-state index is 14.3. The second-order valence-corrected chi connectivity index (χ2v) is 5.92. The van der Waals surface area contributed by atoms with E-state index >= 15 is 0 Å². The highest BCUT2D eigenvalue weighted by molar-refractivity contribution is 6.30. The van der Waals surface area contributed by atoms with Crippen LogP contribution in [-0.4, -0.2) is 24.0 Å². The SMILES string of the molecule is CCN(C1CCCCC1)C(CN)c1cccc(Cl)c1F. The summed E-state index contributed by atoms with van der Waals surface area (Å²) in [7, 11) is 0. The zero-order valence-electron chi connectivity index (χ0n) is 12.1. The van der Waals surface area contributed by atoms with Gasteiger partial charge in [-0.2, -0.15) is 0 Å². The van der Waals surface area contributed by atoms with E-state index in [1.807, 2.05) is 6.07 Å². The van der Waals surface area contributed by atoms with Gasteiger partial charge in [-0.15, -0.1) is 0 Å². The van der Waals surface area contributed by atoms with Crippen LogP contribution in [0.5, 0.6) is 0 Å². The fourth-order valence-corrected chi connectivity index (χ4v) is 3.55. The first-order valence-corrected chi connectivity index (χ1v) is 7.96. The molecule has 0 aromatic heterocycles. The molecular formula is C16H24ClFN2. The smallest absolute Gasteiger partial charge is 0.146 e. The second kappa shape index (κ2) is 7.39. The molecule has 1 saturated carbocycles. The monoisotopic (exact) mass is 298 g/mol. The summed E-state index contributed by atoms with van der Waals surface area (Å²) >= 11 is 5.91. The van der Waals surface area contributed by atoms with Crippen molar-refractivity contribution >= 4 is 11.6 Å². The summed E-state index contributed by atoms with van der Waals surface area (Å²) in [6, 6.07) is 5.63. The van der Waals surface area contributed by atoms with E-state index in [0.717, 1.165) is 6.54 Å². The minimum Gasteiger partial charge on any atom is -0.329 e. The topological polar surface area (TPSA) is 29.3 Å². The Bertz CT molecular complexity index is 432. The van der Waals surface area contributed by atoms with Crippen LogP contribution in [0.4, 0.5) is 4.39 Å². The van der Waals surface area contributed by atoms with Gasteiger partial charge in [0.15, 0.2) is 0 Å². The summed E-state index contributed by atoms with van der Waals surface area (Å²) in [5, 5.41) is 0.181. The van der Waals surface area contributed by atoms with Crippen molar-refractivity contribution in [1.29, 1.82) is 0 Å². The molecule has 0 spiro atoms. The highest BCUT2D eigenvalue weighted by Crippen LogP contribution is 2.32. The van der Waals surface area contributed by atoms with Gasteiger partial charge in [0.1, 0.15) is 5.82 Å². The van der Waals surface area contributed by atoms with Crippen molar-refractivity contribution in [3.63, 3.8) is 0 Å². The quantitative estimate of drug-likeness (QED) is 0.885. The minimum absolute atomic E-state index is 0.0817. The zero-order valence-corrected chi connectivity index (χ0v) is 12.9. The number of likely N-dealkylation sites (N-methyl/N-ethyl adjacent to an activating group) is 1. The average Bonchev–Trinajstić information content (AvgIpc) is 2.49. The van der Waals surface area contributed by atoms with Crippen molar-refractivity contribution in [3.8, 4) is 0 Å². The lowest BCUT2D eigenvalue weighted by Crippen LogP contribution is -2.42. The van der Waals surface area contributed by atoms with Crippen molar-refractivity contribution in [1.82, 2.24) is 4.90 Å². The number of benzene rings is 1. The van der Waals surface area contributed by atoms with E-state index in [0.29, 0.717) is 18.2 Å². The van der Waals surface area contributed by atoms with Gasteiger partial charge in [0.25, 0.3) is 0 Å². The highest BCUT2D eigenvalue weighted by Gasteiger charge is 2.28. The van der Waals surface area contributed by atoms with Gasteiger partial charge in [-0.05, 0) is 25.5 Å². The number of hydrogen-bond acceptors (Lipinski definition) is 2. The third kappa shape index (κ3) is 3.33. The van der Waals surface area contributed by atoms with Crippen LogP contribution in [-0.2, 0) is 0 Å². The van der Waals surface area contributed by atoms with Crippen LogP contribution in [0.3, 0.4) is 0 Å². The normalized spacial score (nSPS) is 18.4. The van der Waals surface area contributed by atoms with E-state index in [2.05, 4.69) is 11.8 Å². The van der Waals surface area contributed by atoms with Crippen LogP contribution in [0.1, 0.15) is 50.6 Å². The van der Waals surface area contributed by atoms with Gasteiger partial charge in [0.2, 0.25) is 0 Å². The number of rotatable bonds is 5. The van der Waals surface area contributed by atoms with Crippen molar-refractivity contribution in [3.05, 3.63) is 34.6 Å². The molecule has 0 aliphatic heterocycles. The third-order valence-electron chi connectivity index (χ3n) is 4.37. The highest BCUT2D eigenvalue weighted by atomic mass is 35.5. The summed E-state index contributed by atoms with van der Waals surface area (Å²) in [6.07, 6.45) is 6.21. The minimum atomic E-state index is -0.320. The van der Waals surface area contributed by atoms with Crippen LogP contribution < -0.4 is 5.73 Å². The van der Waals surface area contributed by atoms with Gasteiger partial charge < -0.3 is 5.73 Å². The Kier molecular flexibility index (Phi) is 5.82. The van der Waals surface area contributed by atoms with Crippen LogP contribution in [0.25, 0.3) is 0 Å². The summed E-state index contributed by atoms with van der Waals surface area (Å²) in [4.78, 5) is 2.36. The molecule has 1 aliphatic carbocycles. The van der Waals surface area contributed by atoms with E-state index in [9.17, 15) is 4.39 Å². The molecule has 0 radical (unpaired) electrons. The molecular weight excluding hydrogens is 275 g/mol. The molecule has 20 heavy (non-hydrogen) atoms. The van der Waals surface area contributed by atoms with Gasteiger partial charge in [0.05, 0.1) is 11.1 Å². The fraction of sp³-hybridized carbons (Fsp3) is 0.625. The third-order valence-corrected chi connectivity index (χ3v) is 4.66. The lowest BCUT2D eigenvalue weighted by molar-refractivity contribution is 0.112. The molecule has 1 unspecified atom stereocenters. The standard InChI is InChI=1S/C16H24ClFN2/c1-2-20(12-7-4-3-5-8-12)15(11-19)13-9-6-10-14(17)16(13)18/h6,9-10,12,15H,2-5,7-8,11,19H2,1H3. The molecule has 1 aliphatic rings. The maximum Gasteiger partial charge on any atom is 0.146 e. The molecule has 2 rings (SSSR count). The van der Waals surface area contributed by atoms with Crippen molar-refractivity contribution < 1.29 is 4.39 Å². The molecule has 1 aromatic carbocycles. The first-order chi connectivity index (χ1) is 9.69. The van der Waals surface area contributed by atoms with Crippen LogP contribution >= 0.6 is 11.6 Å². The van der Waals surface area contributed by atoms with Crippen LogP contribution in [0, 0.1) is 5.82 Å². The lowest BCUT2D eigenvalue weighted by Gasteiger charge is -2.39. The van der Waals surface area contributed by atoms with Crippen LogP contribution in [0.2, 0.25) is 5.02 Å². The van der Waals surface area contributed by atoms with E-state index < -0.39 is 0 Å². The first kappa shape index (κ1) is 15.7. The predicted molar refractivity (Wildman–Crippen MR) is 82.5 cm³/mol. The molecule has 4 heteroatoms. The Morgan fingerprint density at radius 3 is 2.65 bits per heavy atom. The molecule has 2 nitrogen and oxygen atoms in total. The number of halogens is 2. The molecule has 2 N–H and O–H groups in total. The first-order valence-electron chi connectivity index (χ1n) is 7.58. The van der Waals surface area contributed by atoms with Crippen LogP contribution in [0.15, 0.2) is 18.2 Å². The molecule has 1 aromatic rings. The average molecular weight is 299 g/mol. The number of nitrogens with two attached hydrogens (primary N) is 1. The Morgan fingerprint density at radius 1 is 1.35 bits per heavy atom. The van der Waals surface area contributed by atoms with E-state index in [1.54, 1.807) is 12.1 Å². The summed E-state index contributed by atoms with van der Waals surface area (Å²) in [6.45, 7) is 3.43. The van der Waals surface area contributed by atoms with Gasteiger partial charge in [-0.1, -0.05) is 49.9 Å². The molecule has 0 amide bonds. The second-order valence-electron chi connectivity index (χ2n) is 5.52. The number of hydrogen-bond donors (Lipinski definition) is 1. The van der Waals surface area contributed by atoms with E-state index in [-0.39, 0.29) is 16.9 Å². The van der Waals surface area contributed by atoms with Crippen molar-refractivity contribution in [2.24, 2.45) is 5.73 Å². The molecule has 0 bridgehead atoms. The number of nitrogens with zero attached hydrogens (tertiary/aromatic N) is 1. The van der Waals surface area contributed by atoms with Gasteiger partial charge in [0, 0.05) is 18.2 Å². The van der Waals surface area contributed by atoms with E-state index in [1.165, 1.54) is 32.1 Å². The van der Waals surface area contributed by atoms with Gasteiger partial charge in [-0.3, -0.25) is 4.90 Å².